The van der Waals surface area contributed by atoms with Gasteiger partial charge >= 0.3 is 14.5 Å². The Balaban J connectivity index is 1.09. The zero-order valence-corrected chi connectivity index (χ0v) is 42.4. The van der Waals surface area contributed by atoms with Gasteiger partial charge in [0.25, 0.3) is 11.8 Å². The lowest BCUT2D eigenvalue weighted by atomic mass is 10.1. The number of benzene rings is 2. The number of ether oxygens (including phenoxy) is 2. The van der Waals surface area contributed by atoms with E-state index in [0.717, 1.165) is 0 Å². The van der Waals surface area contributed by atoms with Crippen LogP contribution in [0.2, 0.25) is 18.1 Å². The molecule has 2 fully saturated rings. The van der Waals surface area contributed by atoms with Crippen molar-refractivity contribution >= 4 is 80.4 Å². The van der Waals surface area contributed by atoms with Crippen molar-refractivity contribution in [2.45, 2.75) is 94.8 Å². The van der Waals surface area contributed by atoms with E-state index in [2.05, 4.69) is 40.5 Å². The number of hydrogen-bond acceptors (Lipinski definition) is 18. The van der Waals surface area contributed by atoms with Crippen molar-refractivity contribution in [3.05, 3.63) is 97.1 Å². The third kappa shape index (κ3) is 12.0. The largest absolute Gasteiger partial charge is 0.469 e. The van der Waals surface area contributed by atoms with E-state index in [-0.39, 0.29) is 60.0 Å². The van der Waals surface area contributed by atoms with Gasteiger partial charge in [-0.1, -0.05) is 57.2 Å². The summed E-state index contributed by atoms with van der Waals surface area (Å²) in [7, 11) is -7.91. The molecular weight excluding hydrogens is 1000 g/mol. The molecule has 376 valence electrons. The molecule has 8 atom stereocenters. The maximum absolute atomic E-state index is 16.1. The molecule has 2 aliphatic heterocycles. The number of rotatable bonds is 19. The number of carbonyl (C=O) groups is 2. The molecule has 1 unspecified atom stereocenters. The number of nitriles is 1. The van der Waals surface area contributed by atoms with Gasteiger partial charge in [-0.2, -0.15) is 5.26 Å². The van der Waals surface area contributed by atoms with Gasteiger partial charge in [0.15, 0.2) is 54.7 Å². The molecule has 4 aromatic heterocycles. The third-order valence-corrected chi connectivity index (χ3v) is 19.3. The van der Waals surface area contributed by atoms with Crippen LogP contribution in [0.15, 0.2) is 86.0 Å². The number of fused-ring (bicyclic) bond motifs is 2. The maximum Gasteiger partial charge on any atom is 0.469 e. The number of phosphoric acid groups is 1. The Kier molecular flexibility index (Phi) is 15.7. The molecule has 2 saturated heterocycles. The second-order valence-corrected chi connectivity index (χ2v) is 26.8. The quantitative estimate of drug-likeness (QED) is 0.0370. The minimum Gasteiger partial charge on any atom is -0.408 e. The fraction of sp³-hybridized carbons (Fsp3) is 0.419. The minimum atomic E-state index is -5.07. The van der Waals surface area contributed by atoms with Gasteiger partial charge < -0.3 is 43.4 Å². The van der Waals surface area contributed by atoms with Crippen molar-refractivity contribution in [2.75, 3.05) is 30.5 Å². The second kappa shape index (κ2) is 21.4. The summed E-state index contributed by atoms with van der Waals surface area (Å²) in [6.45, 7) is 4.49. The van der Waals surface area contributed by atoms with Crippen molar-refractivity contribution in [3.63, 3.8) is 0 Å². The Hall–Kier alpha value is -5.36. The average Bonchev–Trinajstić information content (AvgIpc) is 4.12. The van der Waals surface area contributed by atoms with Crippen LogP contribution in [0.5, 0.6) is 0 Å². The predicted molar refractivity (Wildman–Crippen MR) is 258 cm³/mol. The van der Waals surface area contributed by atoms with E-state index in [4.69, 9.17) is 43.8 Å². The number of nitrogens with one attached hydrogen (secondary N) is 2. The van der Waals surface area contributed by atoms with E-state index in [1.807, 2.05) is 39.9 Å². The van der Waals surface area contributed by atoms with E-state index in [9.17, 15) is 29.2 Å². The Bertz CT molecular complexity index is 3020. The lowest BCUT2D eigenvalue weighted by Gasteiger charge is -2.41. The first-order chi connectivity index (χ1) is 33.7. The van der Waals surface area contributed by atoms with Gasteiger partial charge in [-0.3, -0.25) is 27.8 Å². The van der Waals surface area contributed by atoms with Crippen LogP contribution in [0.4, 0.5) is 16.0 Å². The summed E-state index contributed by atoms with van der Waals surface area (Å²) in [5.74, 6) is -0.729. The van der Waals surface area contributed by atoms with E-state index >= 15 is 4.39 Å². The smallest absolute Gasteiger partial charge is 0.408 e. The Morgan fingerprint density at radius 2 is 1.38 bits per heavy atom. The van der Waals surface area contributed by atoms with Crippen LogP contribution in [0.25, 0.3) is 22.3 Å². The predicted octanol–water partition coefficient (Wildman–Crippen LogP) is 6.75. The molecule has 2 amide bonds. The van der Waals surface area contributed by atoms with Gasteiger partial charge in [0.1, 0.15) is 37.1 Å². The number of alkyl halides is 1. The summed E-state index contributed by atoms with van der Waals surface area (Å²) >= 11 is 6.06. The van der Waals surface area contributed by atoms with Crippen molar-refractivity contribution in [3.8, 4) is 6.07 Å². The molecule has 8 rings (SSSR count). The molecule has 71 heavy (non-hydrogen) atoms. The highest BCUT2D eigenvalue weighted by molar-refractivity contribution is 8.07. The normalized spacial score (nSPS) is 22.6. The number of aromatic nitrogens is 8. The molecule has 2 aliphatic rings. The number of amides is 2. The maximum atomic E-state index is 16.1. The molecule has 0 bridgehead atoms. The lowest BCUT2D eigenvalue weighted by molar-refractivity contribution is -0.0527. The molecule has 28 heteroatoms. The molecule has 23 nitrogen and oxygen atoms in total. The number of nitrogens with zero attached hydrogens (tertiary/aromatic N) is 9. The van der Waals surface area contributed by atoms with Gasteiger partial charge in [0, 0.05) is 17.5 Å². The fourth-order valence-electron chi connectivity index (χ4n) is 7.48. The molecular formula is C43H50FN11O12P2SSi. The van der Waals surface area contributed by atoms with Crippen molar-refractivity contribution < 1.29 is 60.3 Å². The molecule has 0 radical (unpaired) electrons. The molecule has 2 aromatic carbocycles. The molecule has 0 aliphatic carbocycles. The number of carbonyl (C=O) groups excluding carboxylic acids is 2. The number of halogens is 1. The molecule has 0 spiro atoms. The van der Waals surface area contributed by atoms with E-state index in [0.29, 0.717) is 11.1 Å². The Morgan fingerprint density at radius 1 is 0.831 bits per heavy atom. The van der Waals surface area contributed by atoms with Crippen LogP contribution in [0.1, 0.15) is 66.8 Å². The zero-order valence-electron chi connectivity index (χ0n) is 38.8. The summed E-state index contributed by atoms with van der Waals surface area (Å²) in [6, 6.07) is 18.9. The summed E-state index contributed by atoms with van der Waals surface area (Å²) < 4.78 is 75.0. The van der Waals surface area contributed by atoms with Crippen LogP contribution < -0.4 is 10.6 Å². The standard InChI is InChI=1S/C43H50FN11O12P2SSi/c1-43(2,3)71(4,5)67-33-30(21-62-68(58,59)60)65-42(55-25-51-32-36(47-23-49-38(32)55)53-40(57)27-15-10-7-11-16-27)34(33)66-69(70,61-18-12-17-45)63-20-28-19-29(44)41(64-28)54-24-50-31-35(46-22-48-37(31)54)52-39(56)26-13-8-6-9-14-26/h6-11,13-16,22-25,28-30,33-34,41-42H,12,18-21H2,1-5H3,(H2,58,59,60)(H,46,48,52,56)(H,47,49,53,57)/t28-,29+,30+,33+,34+,41+,42+,69?/m0/s1. The van der Waals surface area contributed by atoms with Crippen LogP contribution in [-0.2, 0) is 48.4 Å². The van der Waals surface area contributed by atoms with Crippen molar-refractivity contribution in [1.29, 1.82) is 5.26 Å². The van der Waals surface area contributed by atoms with E-state index in [1.165, 1.54) is 34.4 Å². The van der Waals surface area contributed by atoms with Crippen molar-refractivity contribution in [2.24, 2.45) is 0 Å². The van der Waals surface area contributed by atoms with Gasteiger partial charge in [-0.05, 0) is 54.2 Å². The van der Waals surface area contributed by atoms with Crippen molar-refractivity contribution in [1.82, 2.24) is 39.0 Å². The summed E-state index contributed by atoms with van der Waals surface area (Å²) in [4.78, 5) is 72.0. The topological polar surface area (TPSA) is 291 Å². The second-order valence-electron chi connectivity index (χ2n) is 17.9. The van der Waals surface area contributed by atoms with Crippen LogP contribution >= 0.6 is 14.5 Å². The Labute approximate surface area is 412 Å². The third-order valence-electron chi connectivity index (χ3n) is 12.0. The summed E-state index contributed by atoms with van der Waals surface area (Å²) in [5, 5.41) is 14.6. The van der Waals surface area contributed by atoms with Crippen LogP contribution in [0, 0.1) is 11.3 Å². The first-order valence-electron chi connectivity index (χ1n) is 22.1. The molecule has 6 heterocycles. The highest BCUT2D eigenvalue weighted by Crippen LogP contribution is 2.56. The SMILES string of the molecule is CC(C)(C)[Si](C)(C)O[C@H]1[C@@H](OP(=S)(OCCC#N)OC[C@@H]2C[C@@H](F)[C@H](n3cnc4c(NC(=O)c5ccccc5)ncnc43)O2)[C@H](n2cnc3c(NC(=O)c4ccccc4)ncnc32)O[C@@H]1COP(=O)(O)O. The number of hydrogen-bond donors (Lipinski definition) is 4. The van der Waals surface area contributed by atoms with Crippen LogP contribution in [-0.4, -0.2) is 119 Å². The minimum absolute atomic E-state index is 0.0641. The number of anilines is 2. The van der Waals surface area contributed by atoms with Crippen LogP contribution in [0.3, 0.4) is 0 Å². The molecule has 6 aromatic rings. The zero-order chi connectivity index (χ0) is 50.7. The van der Waals surface area contributed by atoms with E-state index in [1.54, 1.807) is 60.7 Å². The summed E-state index contributed by atoms with van der Waals surface area (Å²) in [5.41, 5.74) is 1.42. The monoisotopic (exact) mass is 1050 g/mol. The molecule has 0 saturated carbocycles. The highest BCUT2D eigenvalue weighted by Gasteiger charge is 2.54. The lowest BCUT2D eigenvalue weighted by Crippen LogP contribution is -2.50. The first kappa shape index (κ1) is 52.0. The molecule has 4 N–H and O–H groups in total. The van der Waals surface area contributed by atoms with Gasteiger partial charge in [-0.25, -0.2) is 38.9 Å². The fourth-order valence-corrected chi connectivity index (χ4v) is 11.2. The Morgan fingerprint density at radius 3 is 1.90 bits per heavy atom. The first-order valence-corrected chi connectivity index (χ1v) is 29.1. The van der Waals surface area contributed by atoms with Gasteiger partial charge in [-0.15, -0.1) is 0 Å². The number of imidazole rings is 2. The van der Waals surface area contributed by atoms with E-state index < -0.39 is 89.4 Å². The number of phosphoric ester groups is 1. The highest BCUT2D eigenvalue weighted by atomic mass is 32.5. The summed E-state index contributed by atoms with van der Waals surface area (Å²) in [6.07, 6.45) is -4.08. The van der Waals surface area contributed by atoms with Gasteiger partial charge in [0.2, 0.25) is 0 Å². The average molecular weight is 1050 g/mol. The van der Waals surface area contributed by atoms with Gasteiger partial charge in [0.05, 0.1) is 51.1 Å².